The van der Waals surface area contributed by atoms with Gasteiger partial charge >= 0.3 is 0 Å². The van der Waals surface area contributed by atoms with Gasteiger partial charge in [0.25, 0.3) is 0 Å². The molecule has 4 rings (SSSR count). The Kier molecular flexibility index (Phi) is 5.22. The van der Waals surface area contributed by atoms with Crippen molar-refractivity contribution in [3.05, 3.63) is 0 Å². The SMILES string of the molecule is C1CCC(Nc2nc3nonc3nc2NCCCN2CCOCC2)C1. The van der Waals surface area contributed by atoms with Crippen LogP contribution in [0.4, 0.5) is 11.6 Å². The molecule has 25 heavy (non-hydrogen) atoms. The molecule has 0 aromatic carbocycles. The Bertz CT molecular complexity index is 680. The Hall–Kier alpha value is -2.00. The smallest absolute Gasteiger partial charge is 0.245 e. The lowest BCUT2D eigenvalue weighted by atomic mass is 10.2. The number of nitrogens with zero attached hydrogens (tertiary/aromatic N) is 5. The van der Waals surface area contributed by atoms with Gasteiger partial charge in [-0.05, 0) is 36.1 Å². The van der Waals surface area contributed by atoms with Crippen molar-refractivity contribution < 1.29 is 9.37 Å². The number of rotatable bonds is 7. The van der Waals surface area contributed by atoms with Crippen molar-refractivity contribution in [2.24, 2.45) is 0 Å². The Labute approximate surface area is 146 Å². The molecule has 9 nitrogen and oxygen atoms in total. The molecule has 2 N–H and O–H groups in total. The zero-order valence-corrected chi connectivity index (χ0v) is 14.4. The molecule has 1 aliphatic carbocycles. The van der Waals surface area contributed by atoms with Gasteiger partial charge in [0.1, 0.15) is 0 Å². The highest BCUT2D eigenvalue weighted by atomic mass is 16.6. The van der Waals surface area contributed by atoms with Gasteiger partial charge < -0.3 is 15.4 Å². The maximum Gasteiger partial charge on any atom is 0.245 e. The second kappa shape index (κ2) is 7.92. The summed E-state index contributed by atoms with van der Waals surface area (Å²) in [5, 5.41) is 14.5. The van der Waals surface area contributed by atoms with Crippen LogP contribution in [-0.2, 0) is 4.74 Å². The summed E-state index contributed by atoms with van der Waals surface area (Å²) in [4.78, 5) is 11.5. The highest BCUT2D eigenvalue weighted by Crippen LogP contribution is 2.26. The van der Waals surface area contributed by atoms with Gasteiger partial charge in [-0.2, -0.15) is 0 Å². The molecule has 136 valence electrons. The highest BCUT2D eigenvalue weighted by molar-refractivity contribution is 5.73. The number of hydrogen-bond acceptors (Lipinski definition) is 9. The predicted octanol–water partition coefficient (Wildman–Crippen LogP) is 1.50. The molecule has 0 unspecified atom stereocenters. The number of fused-ring (bicyclic) bond motifs is 1. The monoisotopic (exact) mass is 347 g/mol. The number of nitrogens with one attached hydrogen (secondary N) is 2. The minimum atomic E-state index is 0.438. The van der Waals surface area contributed by atoms with E-state index in [-0.39, 0.29) is 0 Å². The van der Waals surface area contributed by atoms with Crippen LogP contribution < -0.4 is 10.6 Å². The summed E-state index contributed by atoms with van der Waals surface area (Å²) in [5.41, 5.74) is 0.881. The number of anilines is 2. The molecule has 2 aromatic heterocycles. The fourth-order valence-electron chi connectivity index (χ4n) is 3.46. The standard InChI is InChI=1S/C16H25N7O2/c1-2-5-12(4-1)18-14-13(19-15-16(20-14)22-25-21-15)17-6-3-7-23-8-10-24-11-9-23/h12H,1-11H2,(H,17,19,21)(H,18,20,22). The Morgan fingerprint density at radius 3 is 2.48 bits per heavy atom. The van der Waals surface area contributed by atoms with E-state index in [0.29, 0.717) is 17.3 Å². The molecule has 1 saturated carbocycles. The molecule has 3 heterocycles. The molecule has 2 fully saturated rings. The largest absolute Gasteiger partial charge is 0.379 e. The first-order valence-corrected chi connectivity index (χ1v) is 9.19. The second-order valence-corrected chi connectivity index (χ2v) is 6.69. The van der Waals surface area contributed by atoms with E-state index < -0.39 is 0 Å². The van der Waals surface area contributed by atoms with Gasteiger partial charge in [0.2, 0.25) is 11.3 Å². The first-order chi connectivity index (χ1) is 12.4. The van der Waals surface area contributed by atoms with Crippen LogP contribution in [-0.4, -0.2) is 70.6 Å². The van der Waals surface area contributed by atoms with Crippen molar-refractivity contribution >= 4 is 22.9 Å². The van der Waals surface area contributed by atoms with Crippen molar-refractivity contribution in [3.8, 4) is 0 Å². The normalized spacial score (nSPS) is 19.5. The van der Waals surface area contributed by atoms with Crippen LogP contribution in [0, 0.1) is 0 Å². The first kappa shape index (κ1) is 16.5. The molecular weight excluding hydrogens is 322 g/mol. The van der Waals surface area contributed by atoms with Gasteiger partial charge in [-0.15, -0.1) is 0 Å². The van der Waals surface area contributed by atoms with Crippen molar-refractivity contribution in [2.75, 3.05) is 50.0 Å². The molecule has 0 bridgehead atoms. The highest BCUT2D eigenvalue weighted by Gasteiger charge is 2.19. The van der Waals surface area contributed by atoms with Crippen LogP contribution in [0.3, 0.4) is 0 Å². The van der Waals surface area contributed by atoms with Crippen LogP contribution in [0.5, 0.6) is 0 Å². The molecular formula is C16H25N7O2. The second-order valence-electron chi connectivity index (χ2n) is 6.69. The van der Waals surface area contributed by atoms with E-state index in [9.17, 15) is 0 Å². The lowest BCUT2D eigenvalue weighted by Gasteiger charge is -2.26. The molecule has 1 saturated heterocycles. The lowest BCUT2D eigenvalue weighted by molar-refractivity contribution is 0.0378. The maximum absolute atomic E-state index is 5.38. The molecule has 0 atom stereocenters. The fraction of sp³-hybridized carbons (Fsp3) is 0.750. The minimum Gasteiger partial charge on any atom is -0.379 e. The van der Waals surface area contributed by atoms with Crippen molar-refractivity contribution in [2.45, 2.75) is 38.1 Å². The van der Waals surface area contributed by atoms with Crippen molar-refractivity contribution in [1.82, 2.24) is 25.2 Å². The number of hydrogen-bond donors (Lipinski definition) is 2. The minimum absolute atomic E-state index is 0.438. The molecule has 2 aliphatic rings. The topological polar surface area (TPSA) is 101 Å². The van der Waals surface area contributed by atoms with Crippen LogP contribution in [0.1, 0.15) is 32.1 Å². The molecule has 1 aliphatic heterocycles. The van der Waals surface area contributed by atoms with Gasteiger partial charge in [0, 0.05) is 25.7 Å². The van der Waals surface area contributed by atoms with E-state index in [2.05, 4.69) is 35.8 Å². The van der Waals surface area contributed by atoms with Crippen LogP contribution in [0.15, 0.2) is 4.63 Å². The summed E-state index contributed by atoms with van der Waals surface area (Å²) in [5.74, 6) is 1.48. The summed E-state index contributed by atoms with van der Waals surface area (Å²) < 4.78 is 10.1. The van der Waals surface area contributed by atoms with Gasteiger partial charge in [-0.25, -0.2) is 14.6 Å². The van der Waals surface area contributed by atoms with E-state index >= 15 is 0 Å². The lowest BCUT2D eigenvalue weighted by Crippen LogP contribution is -2.37. The Morgan fingerprint density at radius 1 is 1.00 bits per heavy atom. The average Bonchev–Trinajstić information content (AvgIpc) is 3.31. The molecule has 2 aromatic rings. The predicted molar refractivity (Wildman–Crippen MR) is 93.6 cm³/mol. The number of aromatic nitrogens is 4. The van der Waals surface area contributed by atoms with E-state index in [1.54, 1.807) is 0 Å². The summed E-state index contributed by atoms with van der Waals surface area (Å²) in [7, 11) is 0. The summed E-state index contributed by atoms with van der Waals surface area (Å²) in [6, 6.07) is 0.459. The van der Waals surface area contributed by atoms with Crippen LogP contribution >= 0.6 is 0 Å². The van der Waals surface area contributed by atoms with Gasteiger partial charge in [0.15, 0.2) is 11.6 Å². The molecule has 9 heteroatoms. The number of morpholine rings is 1. The molecule has 0 spiro atoms. The zero-order chi connectivity index (χ0) is 16.9. The summed E-state index contributed by atoms with van der Waals surface area (Å²) in [6.07, 6.45) is 5.92. The third-order valence-corrected chi connectivity index (χ3v) is 4.86. The third-order valence-electron chi connectivity index (χ3n) is 4.86. The van der Waals surface area contributed by atoms with E-state index in [1.165, 1.54) is 25.7 Å². The van der Waals surface area contributed by atoms with Gasteiger partial charge in [-0.3, -0.25) is 4.90 Å². The van der Waals surface area contributed by atoms with E-state index in [0.717, 1.165) is 57.4 Å². The maximum atomic E-state index is 5.38. The Morgan fingerprint density at radius 2 is 1.72 bits per heavy atom. The number of ether oxygens (including phenoxy) is 1. The van der Waals surface area contributed by atoms with Gasteiger partial charge in [0.05, 0.1) is 13.2 Å². The third kappa shape index (κ3) is 4.16. The van der Waals surface area contributed by atoms with Crippen molar-refractivity contribution in [1.29, 1.82) is 0 Å². The molecule has 0 radical (unpaired) electrons. The summed E-state index contributed by atoms with van der Waals surface area (Å²) in [6.45, 7) is 5.61. The van der Waals surface area contributed by atoms with Crippen LogP contribution in [0.25, 0.3) is 11.3 Å². The average molecular weight is 347 g/mol. The quantitative estimate of drug-likeness (QED) is 0.721. The molecule has 0 amide bonds. The first-order valence-electron chi connectivity index (χ1n) is 9.19. The van der Waals surface area contributed by atoms with E-state index in [1.807, 2.05) is 0 Å². The Balaban J connectivity index is 1.37. The van der Waals surface area contributed by atoms with Crippen LogP contribution in [0.2, 0.25) is 0 Å². The zero-order valence-electron chi connectivity index (χ0n) is 14.4. The summed E-state index contributed by atoms with van der Waals surface area (Å²) >= 11 is 0. The van der Waals surface area contributed by atoms with Crippen molar-refractivity contribution in [3.63, 3.8) is 0 Å². The van der Waals surface area contributed by atoms with Gasteiger partial charge in [-0.1, -0.05) is 12.8 Å². The fourth-order valence-corrected chi connectivity index (χ4v) is 3.46. The van der Waals surface area contributed by atoms with E-state index in [4.69, 9.17) is 9.37 Å².